The molecule has 10 heteroatoms. The maximum absolute atomic E-state index is 12.9. The summed E-state index contributed by atoms with van der Waals surface area (Å²) in [5, 5.41) is 7.24. The lowest BCUT2D eigenvalue weighted by Crippen LogP contribution is -2.18. The van der Waals surface area contributed by atoms with Crippen molar-refractivity contribution >= 4 is 11.7 Å². The fourth-order valence-corrected chi connectivity index (χ4v) is 3.07. The molecule has 0 bridgehead atoms. The predicted octanol–water partition coefficient (Wildman–Crippen LogP) is 2.51. The summed E-state index contributed by atoms with van der Waals surface area (Å²) in [6, 6.07) is 11.4. The van der Waals surface area contributed by atoms with Gasteiger partial charge in [-0.25, -0.2) is 4.98 Å². The molecular formula is C20H15N5O5. The van der Waals surface area contributed by atoms with Crippen LogP contribution in [0.25, 0.3) is 17.4 Å². The molecule has 150 valence electrons. The minimum Gasteiger partial charge on any atom is -0.463 e. The number of fused-ring (bicyclic) bond motifs is 1. The van der Waals surface area contributed by atoms with Gasteiger partial charge in [-0.05, 0) is 37.3 Å². The van der Waals surface area contributed by atoms with Crippen molar-refractivity contribution in [3.05, 3.63) is 70.3 Å². The first-order valence-electron chi connectivity index (χ1n) is 9.00. The highest BCUT2D eigenvalue weighted by atomic mass is 16.7. The lowest BCUT2D eigenvalue weighted by Gasteiger charge is -2.08. The summed E-state index contributed by atoms with van der Waals surface area (Å²) in [6.07, 6.45) is 1.52. The third-order valence-electron chi connectivity index (χ3n) is 4.42. The summed E-state index contributed by atoms with van der Waals surface area (Å²) in [6.45, 7) is 1.81. The van der Waals surface area contributed by atoms with Crippen LogP contribution in [-0.2, 0) is 0 Å². The monoisotopic (exact) mass is 405 g/mol. The van der Waals surface area contributed by atoms with E-state index in [0.29, 0.717) is 40.0 Å². The fourth-order valence-electron chi connectivity index (χ4n) is 3.07. The number of benzene rings is 1. The van der Waals surface area contributed by atoms with E-state index in [9.17, 15) is 9.59 Å². The van der Waals surface area contributed by atoms with Crippen LogP contribution in [0, 0.1) is 6.92 Å². The Kier molecular flexibility index (Phi) is 4.09. The first kappa shape index (κ1) is 17.7. The molecule has 1 aliphatic heterocycles. The number of hydrogen-bond acceptors (Lipinski definition) is 7. The second-order valence-corrected chi connectivity index (χ2v) is 6.54. The number of furan rings is 1. The number of anilines is 1. The number of aromatic amines is 1. The van der Waals surface area contributed by atoms with Gasteiger partial charge in [-0.1, -0.05) is 0 Å². The number of nitrogens with one attached hydrogen (secondary N) is 2. The van der Waals surface area contributed by atoms with Crippen molar-refractivity contribution in [1.82, 2.24) is 19.7 Å². The predicted molar refractivity (Wildman–Crippen MR) is 105 cm³/mol. The number of nitrogens with zero attached hydrogens (tertiary/aromatic N) is 3. The van der Waals surface area contributed by atoms with E-state index in [4.69, 9.17) is 13.9 Å². The number of carbonyl (C=O) groups excluding carboxylic acids is 1. The van der Waals surface area contributed by atoms with Crippen molar-refractivity contribution < 1.29 is 18.7 Å². The third-order valence-corrected chi connectivity index (χ3v) is 4.42. The van der Waals surface area contributed by atoms with E-state index >= 15 is 0 Å². The Morgan fingerprint density at radius 2 is 2.03 bits per heavy atom. The Morgan fingerprint density at radius 3 is 2.83 bits per heavy atom. The molecule has 3 aromatic heterocycles. The number of rotatable bonds is 4. The largest absolute Gasteiger partial charge is 0.463 e. The van der Waals surface area contributed by atoms with Crippen LogP contribution in [0.15, 0.2) is 57.9 Å². The molecule has 0 fully saturated rings. The van der Waals surface area contributed by atoms with Gasteiger partial charge in [0.15, 0.2) is 17.3 Å². The SMILES string of the molecule is Cc1cc(=O)[nH]c(-n2nc(-c3ccco3)cc2NC(=O)c2ccc3c(c2)OCO3)n1. The van der Waals surface area contributed by atoms with Gasteiger partial charge in [0, 0.05) is 23.4 Å². The van der Waals surface area contributed by atoms with Crippen molar-refractivity contribution in [2.45, 2.75) is 6.92 Å². The van der Waals surface area contributed by atoms with Crippen LogP contribution < -0.4 is 20.3 Å². The lowest BCUT2D eigenvalue weighted by atomic mass is 10.2. The summed E-state index contributed by atoms with van der Waals surface area (Å²) in [4.78, 5) is 31.7. The quantitative estimate of drug-likeness (QED) is 0.534. The Balaban J connectivity index is 1.54. The smallest absolute Gasteiger partial charge is 0.256 e. The van der Waals surface area contributed by atoms with Gasteiger partial charge in [0.1, 0.15) is 11.5 Å². The first-order valence-corrected chi connectivity index (χ1v) is 9.00. The third kappa shape index (κ3) is 3.20. The average Bonchev–Trinajstić information content (AvgIpc) is 3.46. The van der Waals surface area contributed by atoms with Gasteiger partial charge in [0.25, 0.3) is 11.5 Å². The summed E-state index contributed by atoms with van der Waals surface area (Å²) in [7, 11) is 0. The maximum atomic E-state index is 12.9. The van der Waals surface area contributed by atoms with Crippen molar-refractivity contribution in [3.63, 3.8) is 0 Å². The van der Waals surface area contributed by atoms with Crippen LogP contribution in [0.5, 0.6) is 11.5 Å². The molecule has 4 aromatic rings. The molecule has 5 rings (SSSR count). The van der Waals surface area contributed by atoms with Gasteiger partial charge < -0.3 is 19.2 Å². The van der Waals surface area contributed by atoms with Gasteiger partial charge in [-0.3, -0.25) is 14.6 Å². The number of hydrogen-bond donors (Lipinski definition) is 2. The van der Waals surface area contributed by atoms with E-state index in [1.807, 2.05) is 0 Å². The molecule has 10 nitrogen and oxygen atoms in total. The molecule has 0 saturated carbocycles. The number of aromatic nitrogens is 4. The Bertz CT molecular complexity index is 1310. The second kappa shape index (κ2) is 6.92. The second-order valence-electron chi connectivity index (χ2n) is 6.54. The van der Waals surface area contributed by atoms with Gasteiger partial charge >= 0.3 is 0 Å². The van der Waals surface area contributed by atoms with Crippen LogP contribution in [0.4, 0.5) is 5.82 Å². The molecule has 1 amide bonds. The van der Waals surface area contributed by atoms with Crippen LogP contribution in [0.2, 0.25) is 0 Å². The highest BCUT2D eigenvalue weighted by Crippen LogP contribution is 2.33. The van der Waals surface area contributed by atoms with E-state index in [-0.39, 0.29) is 18.3 Å². The zero-order valence-corrected chi connectivity index (χ0v) is 15.7. The highest BCUT2D eigenvalue weighted by Gasteiger charge is 2.20. The van der Waals surface area contributed by atoms with Crippen LogP contribution >= 0.6 is 0 Å². The molecule has 4 heterocycles. The van der Waals surface area contributed by atoms with Crippen molar-refractivity contribution in [1.29, 1.82) is 0 Å². The topological polar surface area (TPSA) is 124 Å². The minimum atomic E-state index is -0.393. The zero-order valence-electron chi connectivity index (χ0n) is 15.7. The van der Waals surface area contributed by atoms with Gasteiger partial charge in [0.05, 0.1) is 6.26 Å². The Hall–Kier alpha value is -4.34. The molecule has 0 atom stereocenters. The van der Waals surface area contributed by atoms with E-state index in [0.717, 1.165) is 0 Å². The van der Waals surface area contributed by atoms with Crippen LogP contribution in [0.1, 0.15) is 16.1 Å². The normalized spacial score (nSPS) is 12.2. The van der Waals surface area contributed by atoms with Crippen molar-refractivity contribution in [3.8, 4) is 28.9 Å². The summed E-state index contributed by atoms with van der Waals surface area (Å²) in [5.41, 5.74) is 1.01. The molecule has 0 radical (unpaired) electrons. The van der Waals surface area contributed by atoms with Crippen LogP contribution in [0.3, 0.4) is 0 Å². The number of H-pyrrole nitrogens is 1. The van der Waals surface area contributed by atoms with Gasteiger partial charge in [0.2, 0.25) is 12.7 Å². The summed E-state index contributed by atoms with van der Waals surface area (Å²) >= 11 is 0. The summed E-state index contributed by atoms with van der Waals surface area (Å²) in [5.74, 6) is 1.66. The standard InChI is InChI=1S/C20H15N5O5/c1-11-7-18(26)23-20(21-11)25-17(9-13(24-25)14-3-2-6-28-14)22-19(27)12-4-5-15-16(8-12)30-10-29-15/h2-9H,10H2,1H3,(H,22,27)(H,21,23,26). The molecule has 30 heavy (non-hydrogen) atoms. The van der Waals surface area contributed by atoms with E-state index < -0.39 is 5.91 Å². The molecule has 0 unspecified atom stereocenters. The van der Waals surface area contributed by atoms with E-state index in [1.54, 1.807) is 43.3 Å². The molecule has 2 N–H and O–H groups in total. The van der Waals surface area contributed by atoms with Crippen LogP contribution in [-0.4, -0.2) is 32.4 Å². The van der Waals surface area contributed by atoms with Crippen molar-refractivity contribution in [2.75, 3.05) is 12.1 Å². The number of aryl methyl sites for hydroxylation is 1. The average molecular weight is 405 g/mol. The van der Waals surface area contributed by atoms with E-state index in [2.05, 4.69) is 20.4 Å². The molecule has 0 aliphatic carbocycles. The molecule has 1 aliphatic rings. The Labute approximate surface area is 169 Å². The minimum absolute atomic E-state index is 0.117. The van der Waals surface area contributed by atoms with Gasteiger partial charge in [-0.2, -0.15) is 9.78 Å². The number of carbonyl (C=O) groups is 1. The number of amides is 1. The summed E-state index contributed by atoms with van der Waals surface area (Å²) < 4.78 is 17.3. The van der Waals surface area contributed by atoms with E-state index in [1.165, 1.54) is 17.0 Å². The zero-order chi connectivity index (χ0) is 20.7. The molecule has 1 aromatic carbocycles. The lowest BCUT2D eigenvalue weighted by molar-refractivity contribution is 0.102. The van der Waals surface area contributed by atoms with Gasteiger partial charge in [-0.15, -0.1) is 0 Å². The van der Waals surface area contributed by atoms with Crippen molar-refractivity contribution in [2.24, 2.45) is 0 Å². The number of ether oxygens (including phenoxy) is 2. The highest BCUT2D eigenvalue weighted by molar-refractivity contribution is 6.04. The molecule has 0 saturated heterocycles. The Morgan fingerprint density at radius 1 is 1.17 bits per heavy atom. The molecule has 0 spiro atoms. The maximum Gasteiger partial charge on any atom is 0.256 e. The fraction of sp³-hybridized carbons (Fsp3) is 0.100. The molecular weight excluding hydrogens is 390 g/mol. The first-order chi connectivity index (χ1) is 14.6.